The lowest BCUT2D eigenvalue weighted by atomic mass is 10.2. The van der Waals surface area contributed by atoms with Gasteiger partial charge in [0.15, 0.2) is 0 Å². The van der Waals surface area contributed by atoms with Gasteiger partial charge in [-0.15, -0.1) is 0 Å². The molecule has 3 rings (SSSR count). The highest BCUT2D eigenvalue weighted by Gasteiger charge is 2.20. The molecule has 0 spiro atoms. The quantitative estimate of drug-likeness (QED) is 0.790. The van der Waals surface area contributed by atoms with Crippen molar-refractivity contribution in [2.75, 3.05) is 0 Å². The van der Waals surface area contributed by atoms with Crippen molar-refractivity contribution in [3.05, 3.63) is 58.1 Å². The van der Waals surface area contributed by atoms with Crippen LogP contribution in [0.1, 0.15) is 18.4 Å². The smallest absolute Gasteiger partial charge is 0.0548 e. The van der Waals surface area contributed by atoms with E-state index in [4.69, 9.17) is 23.2 Å². The maximum Gasteiger partial charge on any atom is 0.0548 e. The topological polar surface area (TPSA) is 12.0 Å². The molecule has 4 heteroatoms. The number of rotatable bonds is 5. The van der Waals surface area contributed by atoms with Gasteiger partial charge < -0.3 is 5.32 Å². The van der Waals surface area contributed by atoms with Crippen molar-refractivity contribution in [1.82, 2.24) is 5.32 Å². The molecule has 2 aromatic carbocycles. The molecule has 0 atom stereocenters. The Balaban J connectivity index is 1.80. The molecule has 20 heavy (non-hydrogen) atoms. The van der Waals surface area contributed by atoms with Crippen LogP contribution in [0.25, 0.3) is 0 Å². The van der Waals surface area contributed by atoms with E-state index in [-0.39, 0.29) is 0 Å². The fourth-order valence-electron chi connectivity index (χ4n) is 1.97. The molecule has 1 fully saturated rings. The summed E-state index contributed by atoms with van der Waals surface area (Å²) >= 11 is 14.0. The molecule has 1 aliphatic rings. The van der Waals surface area contributed by atoms with Crippen LogP contribution in [0, 0.1) is 0 Å². The van der Waals surface area contributed by atoms with Gasteiger partial charge in [-0.25, -0.2) is 0 Å². The molecule has 1 saturated carbocycles. The zero-order chi connectivity index (χ0) is 13.9. The highest BCUT2D eigenvalue weighted by atomic mass is 35.5. The first-order valence-electron chi connectivity index (χ1n) is 6.66. The van der Waals surface area contributed by atoms with Crippen molar-refractivity contribution in [2.24, 2.45) is 0 Å². The molecule has 0 heterocycles. The van der Waals surface area contributed by atoms with Crippen LogP contribution in [0.5, 0.6) is 0 Å². The standard InChI is InChI=1S/C16H15Cl2NS/c17-12-4-8-14(9-5-12)20-16-11(2-1-3-15(16)18)10-19-13-6-7-13/h1-5,8-9,13,19H,6-7,10H2. The van der Waals surface area contributed by atoms with E-state index >= 15 is 0 Å². The Hall–Kier alpha value is -0.670. The maximum atomic E-state index is 6.37. The maximum absolute atomic E-state index is 6.37. The average Bonchev–Trinajstić information content (AvgIpc) is 3.26. The Labute approximate surface area is 133 Å². The molecule has 1 aliphatic carbocycles. The van der Waals surface area contributed by atoms with Crippen LogP contribution in [0.15, 0.2) is 52.3 Å². The Bertz CT molecular complexity index is 594. The molecular weight excluding hydrogens is 309 g/mol. The van der Waals surface area contributed by atoms with Crippen LogP contribution in [0.2, 0.25) is 10.0 Å². The monoisotopic (exact) mass is 323 g/mol. The normalized spacial score (nSPS) is 14.5. The Morgan fingerprint density at radius 3 is 2.50 bits per heavy atom. The summed E-state index contributed by atoms with van der Waals surface area (Å²) in [5.41, 5.74) is 1.25. The third-order valence-corrected chi connectivity index (χ3v) is 5.11. The van der Waals surface area contributed by atoms with Gasteiger partial charge in [-0.1, -0.05) is 47.1 Å². The third kappa shape index (κ3) is 3.70. The second-order valence-electron chi connectivity index (χ2n) is 4.94. The lowest BCUT2D eigenvalue weighted by molar-refractivity contribution is 0.680. The van der Waals surface area contributed by atoms with E-state index in [1.807, 2.05) is 36.4 Å². The predicted molar refractivity (Wildman–Crippen MR) is 86.9 cm³/mol. The van der Waals surface area contributed by atoms with Crippen molar-refractivity contribution in [2.45, 2.75) is 35.2 Å². The number of hydrogen-bond acceptors (Lipinski definition) is 2. The number of hydrogen-bond donors (Lipinski definition) is 1. The molecular formula is C16H15Cl2NS. The summed E-state index contributed by atoms with van der Waals surface area (Å²) in [6.45, 7) is 0.876. The van der Waals surface area contributed by atoms with Crippen molar-refractivity contribution in [1.29, 1.82) is 0 Å². The van der Waals surface area contributed by atoms with E-state index in [0.29, 0.717) is 6.04 Å². The van der Waals surface area contributed by atoms with E-state index in [0.717, 1.165) is 26.4 Å². The van der Waals surface area contributed by atoms with Gasteiger partial charge in [-0.3, -0.25) is 0 Å². The highest BCUT2D eigenvalue weighted by Crippen LogP contribution is 2.36. The zero-order valence-corrected chi connectivity index (χ0v) is 13.2. The second-order valence-corrected chi connectivity index (χ2v) is 6.87. The molecule has 1 nitrogen and oxygen atoms in total. The molecule has 104 valence electrons. The van der Waals surface area contributed by atoms with Gasteiger partial charge >= 0.3 is 0 Å². The van der Waals surface area contributed by atoms with Crippen LogP contribution >= 0.6 is 35.0 Å². The summed E-state index contributed by atoms with van der Waals surface area (Å²) in [6, 6.07) is 14.6. The molecule has 0 aromatic heterocycles. The summed E-state index contributed by atoms with van der Waals surface area (Å²) in [7, 11) is 0. The van der Waals surface area contributed by atoms with E-state index in [9.17, 15) is 0 Å². The van der Waals surface area contributed by atoms with Gasteiger partial charge in [-0.05, 0) is 48.7 Å². The number of nitrogens with one attached hydrogen (secondary N) is 1. The van der Waals surface area contributed by atoms with Crippen molar-refractivity contribution in [3.8, 4) is 0 Å². The molecule has 1 N–H and O–H groups in total. The van der Waals surface area contributed by atoms with Crippen LogP contribution in [-0.4, -0.2) is 6.04 Å². The van der Waals surface area contributed by atoms with Crippen LogP contribution < -0.4 is 5.32 Å². The average molecular weight is 324 g/mol. The van der Waals surface area contributed by atoms with Crippen LogP contribution in [-0.2, 0) is 6.54 Å². The van der Waals surface area contributed by atoms with Gasteiger partial charge in [0.05, 0.1) is 5.02 Å². The second kappa shape index (κ2) is 6.40. The van der Waals surface area contributed by atoms with Gasteiger partial charge in [0, 0.05) is 27.4 Å². The Kier molecular flexibility index (Phi) is 4.57. The largest absolute Gasteiger partial charge is 0.310 e. The number of benzene rings is 2. The lowest BCUT2D eigenvalue weighted by Crippen LogP contribution is -2.15. The molecule has 0 radical (unpaired) electrons. The van der Waals surface area contributed by atoms with E-state index in [1.165, 1.54) is 18.4 Å². The summed E-state index contributed by atoms with van der Waals surface area (Å²) in [6.07, 6.45) is 2.58. The van der Waals surface area contributed by atoms with Gasteiger partial charge in [-0.2, -0.15) is 0 Å². The Morgan fingerprint density at radius 1 is 1.05 bits per heavy atom. The van der Waals surface area contributed by atoms with E-state index in [1.54, 1.807) is 11.8 Å². The van der Waals surface area contributed by atoms with Crippen LogP contribution in [0.4, 0.5) is 0 Å². The highest BCUT2D eigenvalue weighted by molar-refractivity contribution is 7.99. The summed E-state index contributed by atoms with van der Waals surface area (Å²) in [5.74, 6) is 0. The molecule has 0 bridgehead atoms. The minimum atomic E-state index is 0.697. The first-order valence-corrected chi connectivity index (χ1v) is 8.24. The van der Waals surface area contributed by atoms with Gasteiger partial charge in [0.2, 0.25) is 0 Å². The predicted octanol–water partition coefficient (Wildman–Crippen LogP) is 5.40. The zero-order valence-electron chi connectivity index (χ0n) is 10.9. The van der Waals surface area contributed by atoms with E-state index in [2.05, 4.69) is 11.4 Å². The number of halogens is 2. The van der Waals surface area contributed by atoms with Crippen LogP contribution in [0.3, 0.4) is 0 Å². The fourth-order valence-corrected chi connectivity index (χ4v) is 3.35. The first-order chi connectivity index (χ1) is 9.72. The summed E-state index contributed by atoms with van der Waals surface area (Å²) in [4.78, 5) is 2.28. The summed E-state index contributed by atoms with van der Waals surface area (Å²) in [5, 5.41) is 5.10. The molecule has 2 aromatic rings. The van der Waals surface area contributed by atoms with Gasteiger partial charge in [0.1, 0.15) is 0 Å². The van der Waals surface area contributed by atoms with Crippen molar-refractivity contribution in [3.63, 3.8) is 0 Å². The first kappa shape index (κ1) is 14.3. The Morgan fingerprint density at radius 2 is 1.80 bits per heavy atom. The lowest BCUT2D eigenvalue weighted by Gasteiger charge is -2.12. The molecule has 0 aliphatic heterocycles. The fraction of sp³-hybridized carbons (Fsp3) is 0.250. The minimum Gasteiger partial charge on any atom is -0.310 e. The molecule has 0 saturated heterocycles. The van der Waals surface area contributed by atoms with Gasteiger partial charge in [0.25, 0.3) is 0 Å². The van der Waals surface area contributed by atoms with E-state index < -0.39 is 0 Å². The third-order valence-electron chi connectivity index (χ3n) is 3.24. The van der Waals surface area contributed by atoms with Crippen molar-refractivity contribution >= 4 is 35.0 Å². The minimum absolute atomic E-state index is 0.697. The SMILES string of the molecule is Clc1ccc(Sc2c(Cl)cccc2CNC2CC2)cc1. The molecule has 0 unspecified atom stereocenters. The van der Waals surface area contributed by atoms with Crippen molar-refractivity contribution < 1.29 is 0 Å². The molecule has 0 amide bonds. The summed E-state index contributed by atoms with van der Waals surface area (Å²) < 4.78 is 0.